The Balaban J connectivity index is 1.89. The normalized spacial score (nSPS) is 13.3. The topological polar surface area (TPSA) is 60.4 Å². The monoisotopic (exact) mass is 468 g/mol. The van der Waals surface area contributed by atoms with E-state index in [9.17, 15) is 13.2 Å². The van der Waals surface area contributed by atoms with Gasteiger partial charge in [0.2, 0.25) is 0 Å². The summed E-state index contributed by atoms with van der Waals surface area (Å²) in [5.74, 6) is 0.857. The third-order valence-corrected chi connectivity index (χ3v) is 5.64. The van der Waals surface area contributed by atoms with Gasteiger partial charge in [-0.15, -0.1) is 6.42 Å². The van der Waals surface area contributed by atoms with Crippen molar-refractivity contribution < 1.29 is 27.0 Å². The molecule has 1 saturated heterocycles. The molecule has 0 radical (unpaired) electrons. The van der Waals surface area contributed by atoms with E-state index in [0.29, 0.717) is 24.3 Å². The van der Waals surface area contributed by atoms with Crippen LogP contribution >= 0.6 is 0 Å². The van der Waals surface area contributed by atoms with Crippen molar-refractivity contribution in [2.45, 2.75) is 13.0 Å². The van der Waals surface area contributed by atoms with Gasteiger partial charge in [0.15, 0.2) is 5.82 Å². The van der Waals surface area contributed by atoms with Crippen molar-refractivity contribution in [3.8, 4) is 35.4 Å². The first-order chi connectivity index (χ1) is 16.4. The van der Waals surface area contributed by atoms with E-state index in [-0.39, 0.29) is 44.9 Å². The molecule has 6 nitrogen and oxygen atoms in total. The van der Waals surface area contributed by atoms with Crippen LogP contribution in [0.5, 0.6) is 11.8 Å². The number of benzene rings is 2. The van der Waals surface area contributed by atoms with E-state index < -0.39 is 18.2 Å². The lowest BCUT2D eigenvalue weighted by atomic mass is 9.95. The van der Waals surface area contributed by atoms with Crippen LogP contribution in [0.3, 0.4) is 0 Å². The minimum Gasteiger partial charge on any atom is -0.467 e. The maximum atomic E-state index is 15.9. The fraction of sp³-hybridized carbons (Fsp3) is 0.208. The molecule has 34 heavy (non-hydrogen) atoms. The van der Waals surface area contributed by atoms with Crippen LogP contribution in [0.15, 0.2) is 30.5 Å². The number of methoxy groups -OCH3 is 1. The van der Waals surface area contributed by atoms with Gasteiger partial charge in [-0.3, -0.25) is 0 Å². The Morgan fingerprint density at radius 3 is 2.59 bits per heavy atom. The first-order valence-corrected chi connectivity index (χ1v) is 10.2. The molecule has 0 amide bonds. The molecule has 2 aromatic heterocycles. The second-order valence-electron chi connectivity index (χ2n) is 7.57. The van der Waals surface area contributed by atoms with E-state index in [2.05, 4.69) is 25.6 Å². The Morgan fingerprint density at radius 1 is 1.15 bits per heavy atom. The zero-order valence-corrected chi connectivity index (χ0v) is 17.8. The number of halogens is 4. The average molecular weight is 468 g/mol. The van der Waals surface area contributed by atoms with E-state index in [0.717, 1.165) is 12.5 Å². The molecule has 0 bridgehead atoms. The van der Waals surface area contributed by atoms with E-state index in [4.69, 9.17) is 11.2 Å². The van der Waals surface area contributed by atoms with Gasteiger partial charge < -0.3 is 14.4 Å². The smallest absolute Gasteiger partial charge is 0.387 e. The molecule has 3 heterocycles. The molecule has 0 spiro atoms. The standard InChI is InChI=1S/C24H16F4N4O2/c1-3-14-17(25)6-5-12-9-13(34-23(27)28)10-15(18(12)14)20-19(26)21-16(11-29-24(31-21)33-2)22(30-20)32-7-4-8-32/h1,5-6,9-11,23H,4,7-8H2,2H3. The average Bonchev–Trinajstić information content (AvgIpc) is 2.78. The van der Waals surface area contributed by atoms with Crippen LogP contribution < -0.4 is 14.4 Å². The highest BCUT2D eigenvalue weighted by atomic mass is 19.3. The summed E-state index contributed by atoms with van der Waals surface area (Å²) >= 11 is 0. The molecule has 2 aromatic carbocycles. The number of anilines is 1. The van der Waals surface area contributed by atoms with Crippen molar-refractivity contribution >= 4 is 27.5 Å². The zero-order valence-electron chi connectivity index (χ0n) is 17.8. The Bertz CT molecular complexity index is 1480. The van der Waals surface area contributed by atoms with E-state index in [1.54, 1.807) is 0 Å². The lowest BCUT2D eigenvalue weighted by Gasteiger charge is -2.33. The van der Waals surface area contributed by atoms with Crippen molar-refractivity contribution in [3.63, 3.8) is 0 Å². The van der Waals surface area contributed by atoms with E-state index in [1.165, 1.54) is 31.5 Å². The van der Waals surface area contributed by atoms with Gasteiger partial charge in [0.1, 0.15) is 28.6 Å². The summed E-state index contributed by atoms with van der Waals surface area (Å²) in [5.41, 5.74) is -0.463. The summed E-state index contributed by atoms with van der Waals surface area (Å²) in [7, 11) is 1.35. The summed E-state index contributed by atoms with van der Waals surface area (Å²) in [6.07, 6.45) is 7.89. The molecule has 0 unspecified atom stereocenters. The molecule has 0 saturated carbocycles. The van der Waals surface area contributed by atoms with Gasteiger partial charge in [-0.2, -0.15) is 13.8 Å². The molecule has 0 atom stereocenters. The number of hydrogen-bond donors (Lipinski definition) is 0. The predicted octanol–water partition coefficient (Wildman–Crippen LogP) is 4.92. The minimum absolute atomic E-state index is 0.000599. The number of ether oxygens (including phenoxy) is 2. The van der Waals surface area contributed by atoms with Crippen LogP contribution in [-0.4, -0.2) is 41.8 Å². The van der Waals surface area contributed by atoms with Gasteiger partial charge in [0.25, 0.3) is 0 Å². The number of hydrogen-bond acceptors (Lipinski definition) is 6. The van der Waals surface area contributed by atoms with Gasteiger partial charge >= 0.3 is 12.6 Å². The van der Waals surface area contributed by atoms with Crippen LogP contribution in [0.25, 0.3) is 32.9 Å². The number of rotatable bonds is 5. The largest absolute Gasteiger partial charge is 0.467 e. The van der Waals surface area contributed by atoms with Crippen molar-refractivity contribution in [1.82, 2.24) is 15.0 Å². The number of fused-ring (bicyclic) bond motifs is 2. The fourth-order valence-electron chi connectivity index (χ4n) is 3.98. The quantitative estimate of drug-likeness (QED) is 0.306. The van der Waals surface area contributed by atoms with Crippen LogP contribution in [0.2, 0.25) is 0 Å². The highest BCUT2D eigenvalue weighted by molar-refractivity contribution is 6.03. The molecule has 0 aliphatic carbocycles. The predicted molar refractivity (Wildman–Crippen MR) is 118 cm³/mol. The summed E-state index contributed by atoms with van der Waals surface area (Å²) < 4.78 is 66.2. The number of pyridine rings is 1. The van der Waals surface area contributed by atoms with E-state index in [1.807, 2.05) is 4.90 Å². The fourth-order valence-corrected chi connectivity index (χ4v) is 3.98. The number of alkyl halides is 2. The second-order valence-corrected chi connectivity index (χ2v) is 7.57. The summed E-state index contributed by atoms with van der Waals surface area (Å²) in [5, 5.41) is 0.786. The summed E-state index contributed by atoms with van der Waals surface area (Å²) in [6, 6.07) is 4.86. The van der Waals surface area contributed by atoms with Crippen LogP contribution in [0, 0.1) is 24.0 Å². The number of terminal acetylenes is 1. The Morgan fingerprint density at radius 2 is 1.94 bits per heavy atom. The molecule has 1 aliphatic heterocycles. The first-order valence-electron chi connectivity index (χ1n) is 10.2. The first kappa shape index (κ1) is 21.7. The molecular formula is C24H16F4N4O2. The Labute approximate surface area is 191 Å². The molecule has 1 aliphatic rings. The molecular weight excluding hydrogens is 452 g/mol. The van der Waals surface area contributed by atoms with Crippen molar-refractivity contribution in [3.05, 3.63) is 47.7 Å². The summed E-state index contributed by atoms with van der Waals surface area (Å²) in [4.78, 5) is 14.6. The van der Waals surface area contributed by atoms with E-state index >= 15 is 4.39 Å². The Hall–Kier alpha value is -4.13. The summed E-state index contributed by atoms with van der Waals surface area (Å²) in [6.45, 7) is -1.77. The molecule has 172 valence electrons. The molecule has 5 rings (SSSR count). The van der Waals surface area contributed by atoms with Gasteiger partial charge in [0.05, 0.1) is 18.1 Å². The van der Waals surface area contributed by atoms with Gasteiger partial charge in [-0.25, -0.2) is 18.7 Å². The maximum absolute atomic E-state index is 15.9. The molecule has 0 N–H and O–H groups in total. The van der Waals surface area contributed by atoms with Crippen molar-refractivity contribution in [2.75, 3.05) is 25.1 Å². The zero-order chi connectivity index (χ0) is 24.0. The number of aromatic nitrogens is 3. The van der Waals surface area contributed by atoms with Crippen LogP contribution in [0.4, 0.5) is 23.4 Å². The van der Waals surface area contributed by atoms with Gasteiger partial charge in [-0.05, 0) is 30.0 Å². The lowest BCUT2D eigenvalue weighted by Crippen LogP contribution is -2.38. The minimum atomic E-state index is -3.12. The van der Waals surface area contributed by atoms with Crippen molar-refractivity contribution in [2.24, 2.45) is 0 Å². The third kappa shape index (κ3) is 3.50. The van der Waals surface area contributed by atoms with Crippen LogP contribution in [0.1, 0.15) is 12.0 Å². The van der Waals surface area contributed by atoms with Gasteiger partial charge in [-0.1, -0.05) is 12.0 Å². The number of nitrogens with zero attached hydrogens (tertiary/aromatic N) is 4. The molecule has 10 heteroatoms. The Kier molecular flexibility index (Phi) is 5.32. The molecule has 1 fully saturated rings. The van der Waals surface area contributed by atoms with Crippen molar-refractivity contribution in [1.29, 1.82) is 0 Å². The maximum Gasteiger partial charge on any atom is 0.387 e. The lowest BCUT2D eigenvalue weighted by molar-refractivity contribution is -0.0497. The van der Waals surface area contributed by atoms with Crippen LogP contribution in [-0.2, 0) is 0 Å². The SMILES string of the molecule is C#Cc1c(F)ccc2cc(OC(F)F)cc(-c3nc(N4CCC4)c4cnc(OC)nc4c3F)c12. The molecule has 4 aromatic rings. The second kappa shape index (κ2) is 8.33. The van der Waals surface area contributed by atoms with Gasteiger partial charge in [0, 0.05) is 30.2 Å². The highest BCUT2D eigenvalue weighted by Crippen LogP contribution is 2.40. The third-order valence-electron chi connectivity index (χ3n) is 5.64. The highest BCUT2D eigenvalue weighted by Gasteiger charge is 2.26.